The van der Waals surface area contributed by atoms with Gasteiger partial charge in [-0.05, 0) is 42.5 Å². The first-order valence-corrected chi connectivity index (χ1v) is 12.7. The van der Waals surface area contributed by atoms with Crippen LogP contribution in [-0.4, -0.2) is 37.6 Å². The molecule has 0 saturated carbocycles. The molecule has 2 aromatic heterocycles. The quantitative estimate of drug-likeness (QED) is 0.281. The van der Waals surface area contributed by atoms with Gasteiger partial charge in [-0.3, -0.25) is 9.71 Å². The lowest BCUT2D eigenvalue weighted by atomic mass is 10.2. The zero-order valence-electron chi connectivity index (χ0n) is 20.3. The Labute approximate surface area is 217 Å². The highest BCUT2D eigenvalue weighted by atomic mass is 32.2. The van der Waals surface area contributed by atoms with Crippen molar-refractivity contribution in [2.75, 3.05) is 18.9 Å². The molecule has 192 valence electrons. The summed E-state index contributed by atoms with van der Waals surface area (Å²) in [5.41, 5.74) is 1.12. The molecule has 0 atom stereocenters. The number of anilines is 1. The second-order valence-corrected chi connectivity index (χ2v) is 9.67. The van der Waals surface area contributed by atoms with Gasteiger partial charge in [0.2, 0.25) is 0 Å². The van der Waals surface area contributed by atoms with Gasteiger partial charge in [0.25, 0.3) is 10.0 Å². The number of hydrogen-bond donors (Lipinski definition) is 1. The first-order chi connectivity index (χ1) is 18.4. The molecular formula is C27H21FN4O5S. The van der Waals surface area contributed by atoms with E-state index in [2.05, 4.69) is 19.7 Å². The van der Waals surface area contributed by atoms with Crippen LogP contribution in [0.1, 0.15) is 0 Å². The van der Waals surface area contributed by atoms with E-state index in [1.165, 1.54) is 44.7 Å². The fraction of sp³-hybridized carbons (Fsp3) is 0.0741. The molecule has 11 heteroatoms. The SMILES string of the molecule is COc1cc2nccc(Oc3ccc(NS(=O)(=O)c4cccc(-c5ncccn5)c4)cc3F)c2cc1OC. The van der Waals surface area contributed by atoms with Gasteiger partial charge in [-0.15, -0.1) is 0 Å². The standard InChI is InChI=1S/C27H21FN4O5S/c1-35-25-15-20-22(16-26(25)36-2)29-12-9-23(20)37-24-8-7-18(14-21(24)28)32-38(33,34)19-6-3-5-17(13-19)27-30-10-4-11-31-27/h3-16,32H,1-2H3. The Balaban J connectivity index is 1.40. The number of hydrogen-bond acceptors (Lipinski definition) is 8. The molecule has 0 aliphatic rings. The van der Waals surface area contributed by atoms with Crippen LogP contribution in [0, 0.1) is 5.82 Å². The monoisotopic (exact) mass is 532 g/mol. The van der Waals surface area contributed by atoms with Gasteiger partial charge >= 0.3 is 0 Å². The van der Waals surface area contributed by atoms with Crippen LogP contribution in [0.4, 0.5) is 10.1 Å². The summed E-state index contributed by atoms with van der Waals surface area (Å²) in [6.07, 6.45) is 4.66. The zero-order chi connectivity index (χ0) is 26.7. The van der Waals surface area contributed by atoms with Crippen molar-refractivity contribution in [1.82, 2.24) is 15.0 Å². The summed E-state index contributed by atoms with van der Waals surface area (Å²) in [6.45, 7) is 0. The normalized spacial score (nSPS) is 11.2. The Morgan fingerprint density at radius 2 is 1.53 bits per heavy atom. The lowest BCUT2D eigenvalue weighted by Crippen LogP contribution is -2.13. The number of aromatic nitrogens is 3. The van der Waals surface area contributed by atoms with Crippen LogP contribution >= 0.6 is 0 Å². The Bertz CT molecular complexity index is 1730. The van der Waals surface area contributed by atoms with Crippen molar-refractivity contribution in [1.29, 1.82) is 0 Å². The minimum atomic E-state index is -4.02. The molecule has 9 nitrogen and oxygen atoms in total. The Morgan fingerprint density at radius 3 is 2.26 bits per heavy atom. The molecule has 38 heavy (non-hydrogen) atoms. The first kappa shape index (κ1) is 24.9. The second-order valence-electron chi connectivity index (χ2n) is 7.99. The molecule has 0 unspecified atom stereocenters. The van der Waals surface area contributed by atoms with E-state index < -0.39 is 15.8 Å². The van der Waals surface area contributed by atoms with E-state index in [-0.39, 0.29) is 16.3 Å². The van der Waals surface area contributed by atoms with E-state index in [1.807, 2.05) is 0 Å². The van der Waals surface area contributed by atoms with Crippen LogP contribution in [0.25, 0.3) is 22.3 Å². The maximum Gasteiger partial charge on any atom is 0.261 e. The largest absolute Gasteiger partial charge is 0.493 e. The van der Waals surface area contributed by atoms with Crippen LogP contribution in [0.2, 0.25) is 0 Å². The van der Waals surface area contributed by atoms with Crippen molar-refractivity contribution in [2.45, 2.75) is 4.90 Å². The molecule has 0 saturated heterocycles. The number of nitrogens with zero attached hydrogens (tertiary/aromatic N) is 3. The number of benzene rings is 3. The van der Waals surface area contributed by atoms with Gasteiger partial charge in [0.15, 0.2) is 28.9 Å². The molecule has 0 bridgehead atoms. The third-order valence-electron chi connectivity index (χ3n) is 5.58. The molecule has 0 radical (unpaired) electrons. The summed E-state index contributed by atoms with van der Waals surface area (Å²) in [5.74, 6) is 0.820. The van der Waals surface area contributed by atoms with E-state index in [0.29, 0.717) is 39.5 Å². The number of halogens is 1. The van der Waals surface area contributed by atoms with E-state index in [0.717, 1.165) is 6.07 Å². The lowest BCUT2D eigenvalue weighted by molar-refractivity contribution is 0.355. The fourth-order valence-electron chi connectivity index (χ4n) is 3.77. The maximum atomic E-state index is 15.0. The fourth-order valence-corrected chi connectivity index (χ4v) is 4.86. The second kappa shape index (κ2) is 10.3. The number of fused-ring (bicyclic) bond motifs is 1. The van der Waals surface area contributed by atoms with E-state index in [4.69, 9.17) is 14.2 Å². The van der Waals surface area contributed by atoms with Gasteiger partial charge in [-0.2, -0.15) is 0 Å². The Morgan fingerprint density at radius 1 is 0.763 bits per heavy atom. The molecular weight excluding hydrogens is 511 g/mol. The lowest BCUT2D eigenvalue weighted by Gasteiger charge is -2.14. The summed E-state index contributed by atoms with van der Waals surface area (Å²) >= 11 is 0. The van der Waals surface area contributed by atoms with Crippen molar-refractivity contribution >= 4 is 26.6 Å². The molecule has 0 amide bonds. The summed E-state index contributed by atoms with van der Waals surface area (Å²) in [6, 6.07) is 16.6. The maximum absolute atomic E-state index is 15.0. The highest BCUT2D eigenvalue weighted by molar-refractivity contribution is 7.92. The summed E-state index contributed by atoms with van der Waals surface area (Å²) < 4.78 is 59.9. The summed E-state index contributed by atoms with van der Waals surface area (Å²) in [5, 5.41) is 0.580. The highest BCUT2D eigenvalue weighted by Crippen LogP contribution is 2.37. The predicted molar refractivity (Wildman–Crippen MR) is 140 cm³/mol. The summed E-state index contributed by atoms with van der Waals surface area (Å²) in [7, 11) is -0.999. The first-order valence-electron chi connectivity index (χ1n) is 11.3. The topological polar surface area (TPSA) is 113 Å². The number of rotatable bonds is 8. The number of methoxy groups -OCH3 is 2. The predicted octanol–water partition coefficient (Wildman–Crippen LogP) is 5.44. The number of ether oxygens (including phenoxy) is 3. The van der Waals surface area contributed by atoms with Crippen molar-refractivity contribution in [3.63, 3.8) is 0 Å². The van der Waals surface area contributed by atoms with Crippen molar-refractivity contribution < 1.29 is 27.0 Å². The number of sulfonamides is 1. The van der Waals surface area contributed by atoms with Gasteiger partial charge in [0, 0.05) is 41.7 Å². The van der Waals surface area contributed by atoms with Crippen LogP contribution in [-0.2, 0) is 10.0 Å². The molecule has 0 spiro atoms. The van der Waals surface area contributed by atoms with E-state index >= 15 is 4.39 Å². The van der Waals surface area contributed by atoms with Crippen LogP contribution in [0.5, 0.6) is 23.0 Å². The number of nitrogens with one attached hydrogen (secondary N) is 1. The Hall–Kier alpha value is -4.77. The molecule has 3 aromatic carbocycles. The third-order valence-corrected chi connectivity index (χ3v) is 6.96. The van der Waals surface area contributed by atoms with Crippen molar-refractivity contribution in [3.05, 3.63) is 91.1 Å². The van der Waals surface area contributed by atoms with Crippen molar-refractivity contribution in [2.24, 2.45) is 0 Å². The molecule has 0 aliphatic carbocycles. The van der Waals surface area contributed by atoms with Gasteiger partial charge in [0.05, 0.1) is 30.3 Å². The van der Waals surface area contributed by atoms with Crippen LogP contribution < -0.4 is 18.9 Å². The van der Waals surface area contributed by atoms with Crippen LogP contribution in [0.3, 0.4) is 0 Å². The minimum absolute atomic E-state index is 0.0178. The molecule has 1 N–H and O–H groups in total. The average molecular weight is 533 g/mol. The zero-order valence-corrected chi connectivity index (χ0v) is 21.1. The van der Waals surface area contributed by atoms with Gasteiger partial charge in [-0.25, -0.2) is 22.8 Å². The third kappa shape index (κ3) is 5.04. The Kier molecular flexibility index (Phi) is 6.75. The molecule has 2 heterocycles. The van der Waals surface area contributed by atoms with Gasteiger partial charge in [-0.1, -0.05) is 12.1 Å². The van der Waals surface area contributed by atoms with Crippen molar-refractivity contribution in [3.8, 4) is 34.4 Å². The highest BCUT2D eigenvalue weighted by Gasteiger charge is 2.18. The minimum Gasteiger partial charge on any atom is -0.493 e. The van der Waals surface area contributed by atoms with Gasteiger partial charge < -0.3 is 14.2 Å². The number of pyridine rings is 1. The molecule has 0 fully saturated rings. The van der Waals surface area contributed by atoms with E-state index in [1.54, 1.807) is 48.8 Å². The molecule has 0 aliphatic heterocycles. The smallest absolute Gasteiger partial charge is 0.261 e. The summed E-state index contributed by atoms with van der Waals surface area (Å²) in [4.78, 5) is 12.6. The molecule has 5 rings (SSSR count). The average Bonchev–Trinajstić information content (AvgIpc) is 2.94. The van der Waals surface area contributed by atoms with Gasteiger partial charge in [0.1, 0.15) is 5.75 Å². The van der Waals surface area contributed by atoms with Crippen LogP contribution in [0.15, 0.2) is 90.2 Å². The van der Waals surface area contributed by atoms with E-state index in [9.17, 15) is 8.42 Å². The molecule has 5 aromatic rings.